The van der Waals surface area contributed by atoms with Crippen LogP contribution in [0.3, 0.4) is 0 Å². The van der Waals surface area contributed by atoms with Crippen LogP contribution >= 0.6 is 0 Å². The number of allylic oxidation sites excluding steroid dienone is 2. The third-order valence-corrected chi connectivity index (χ3v) is 2.54. The number of benzene rings is 1. The van der Waals surface area contributed by atoms with Crippen molar-refractivity contribution in [3.8, 4) is 5.75 Å². The van der Waals surface area contributed by atoms with Crippen LogP contribution in [0.2, 0.25) is 0 Å². The van der Waals surface area contributed by atoms with Crippen LogP contribution in [0.25, 0.3) is 5.57 Å². The van der Waals surface area contributed by atoms with Gasteiger partial charge in [-0.1, -0.05) is 39.0 Å². The summed E-state index contributed by atoms with van der Waals surface area (Å²) in [6, 6.07) is 8.37. The first-order valence-electron chi connectivity index (χ1n) is 6.05. The fraction of sp³-hybridized carbons (Fsp3) is 0.467. The molecule has 1 rings (SSSR count). The van der Waals surface area contributed by atoms with Crippen molar-refractivity contribution in [3.05, 3.63) is 35.9 Å². The third-order valence-electron chi connectivity index (χ3n) is 2.54. The van der Waals surface area contributed by atoms with E-state index in [4.69, 9.17) is 4.74 Å². The van der Waals surface area contributed by atoms with E-state index in [9.17, 15) is 0 Å². The first-order chi connectivity index (χ1) is 7.67. The third kappa shape index (κ3) is 3.73. The molecule has 1 nitrogen and oxygen atoms in total. The predicted octanol–water partition coefficient (Wildman–Crippen LogP) is 4.53. The van der Waals surface area contributed by atoms with Gasteiger partial charge in [-0.05, 0) is 42.5 Å². The van der Waals surface area contributed by atoms with Gasteiger partial charge in [-0.3, -0.25) is 0 Å². The topological polar surface area (TPSA) is 9.23 Å². The Balaban J connectivity index is 2.67. The van der Waals surface area contributed by atoms with E-state index < -0.39 is 0 Å². The molecular weight excluding hydrogens is 196 g/mol. The highest BCUT2D eigenvalue weighted by Crippen LogP contribution is 2.21. The van der Waals surface area contributed by atoms with Crippen LogP contribution in [-0.4, -0.2) is 6.61 Å². The summed E-state index contributed by atoms with van der Waals surface area (Å²) in [6.07, 6.45) is 3.24. The maximum Gasteiger partial charge on any atom is 0.119 e. The molecule has 0 aliphatic carbocycles. The Morgan fingerprint density at radius 1 is 1.25 bits per heavy atom. The molecular formula is C15H22O. The lowest BCUT2D eigenvalue weighted by Crippen LogP contribution is -2.04. The van der Waals surface area contributed by atoms with Crippen molar-refractivity contribution in [3.63, 3.8) is 0 Å². The Kier molecular flexibility index (Phi) is 5.10. The van der Waals surface area contributed by atoms with Crippen molar-refractivity contribution >= 4 is 5.57 Å². The molecule has 0 saturated heterocycles. The molecule has 0 amide bonds. The van der Waals surface area contributed by atoms with E-state index in [-0.39, 0.29) is 0 Å². The molecule has 0 saturated carbocycles. The minimum Gasteiger partial charge on any atom is -0.493 e. The zero-order chi connectivity index (χ0) is 12.0. The van der Waals surface area contributed by atoms with Crippen molar-refractivity contribution in [1.29, 1.82) is 0 Å². The van der Waals surface area contributed by atoms with E-state index in [2.05, 4.69) is 58.0 Å². The zero-order valence-electron chi connectivity index (χ0n) is 10.8. The van der Waals surface area contributed by atoms with Gasteiger partial charge in [-0.15, -0.1) is 0 Å². The van der Waals surface area contributed by atoms with Crippen LogP contribution in [0.15, 0.2) is 30.3 Å². The average molecular weight is 218 g/mol. The highest BCUT2D eigenvalue weighted by Gasteiger charge is 2.00. The molecule has 0 atom stereocenters. The van der Waals surface area contributed by atoms with E-state index >= 15 is 0 Å². The standard InChI is InChI=1S/C15H22O/c1-5-13(6-2)14-7-9-15(10-8-14)16-11-12(3)4/h5,7-10,12H,6,11H2,1-4H3. The number of ether oxygens (including phenoxy) is 1. The highest BCUT2D eigenvalue weighted by molar-refractivity contribution is 5.65. The highest BCUT2D eigenvalue weighted by atomic mass is 16.5. The van der Waals surface area contributed by atoms with E-state index in [0.717, 1.165) is 18.8 Å². The summed E-state index contributed by atoms with van der Waals surface area (Å²) in [6.45, 7) is 9.36. The molecule has 0 radical (unpaired) electrons. The zero-order valence-corrected chi connectivity index (χ0v) is 10.8. The molecule has 16 heavy (non-hydrogen) atoms. The second kappa shape index (κ2) is 6.37. The molecule has 0 unspecified atom stereocenters. The molecule has 0 heterocycles. The summed E-state index contributed by atoms with van der Waals surface area (Å²) in [7, 11) is 0. The van der Waals surface area contributed by atoms with Crippen molar-refractivity contribution in [2.45, 2.75) is 34.1 Å². The summed E-state index contributed by atoms with van der Waals surface area (Å²) in [5, 5.41) is 0. The Hall–Kier alpha value is -1.24. The Morgan fingerprint density at radius 2 is 1.88 bits per heavy atom. The van der Waals surface area contributed by atoms with Crippen molar-refractivity contribution in [2.24, 2.45) is 5.92 Å². The fourth-order valence-corrected chi connectivity index (χ4v) is 1.60. The van der Waals surface area contributed by atoms with Gasteiger partial charge in [-0.2, -0.15) is 0 Å². The summed E-state index contributed by atoms with van der Waals surface area (Å²) in [5.74, 6) is 1.53. The summed E-state index contributed by atoms with van der Waals surface area (Å²) >= 11 is 0. The van der Waals surface area contributed by atoms with E-state index in [0.29, 0.717) is 5.92 Å². The minimum atomic E-state index is 0.571. The second-order valence-electron chi connectivity index (χ2n) is 4.40. The van der Waals surface area contributed by atoms with E-state index in [1.54, 1.807) is 0 Å². The van der Waals surface area contributed by atoms with Gasteiger partial charge in [0.2, 0.25) is 0 Å². The summed E-state index contributed by atoms with van der Waals surface area (Å²) in [4.78, 5) is 0. The van der Waals surface area contributed by atoms with Crippen LogP contribution < -0.4 is 4.74 Å². The van der Waals surface area contributed by atoms with Gasteiger partial charge in [0.25, 0.3) is 0 Å². The molecule has 0 N–H and O–H groups in total. The molecule has 0 aromatic heterocycles. The molecule has 1 aromatic rings. The van der Waals surface area contributed by atoms with Gasteiger partial charge in [0.15, 0.2) is 0 Å². The number of hydrogen-bond acceptors (Lipinski definition) is 1. The predicted molar refractivity (Wildman–Crippen MR) is 70.7 cm³/mol. The minimum absolute atomic E-state index is 0.571. The van der Waals surface area contributed by atoms with Gasteiger partial charge in [0, 0.05) is 0 Å². The van der Waals surface area contributed by atoms with Crippen LogP contribution in [0, 0.1) is 5.92 Å². The molecule has 0 aliphatic rings. The van der Waals surface area contributed by atoms with Gasteiger partial charge < -0.3 is 4.74 Å². The fourth-order valence-electron chi connectivity index (χ4n) is 1.60. The quantitative estimate of drug-likeness (QED) is 0.705. The maximum atomic E-state index is 5.65. The molecule has 88 valence electrons. The van der Waals surface area contributed by atoms with Crippen LogP contribution in [0.5, 0.6) is 5.75 Å². The van der Waals surface area contributed by atoms with E-state index in [1.807, 2.05) is 0 Å². The lowest BCUT2D eigenvalue weighted by Gasteiger charge is -2.10. The molecule has 1 aromatic carbocycles. The largest absolute Gasteiger partial charge is 0.493 e. The van der Waals surface area contributed by atoms with Crippen LogP contribution in [0.1, 0.15) is 39.7 Å². The first-order valence-corrected chi connectivity index (χ1v) is 6.05. The lowest BCUT2D eigenvalue weighted by atomic mass is 10.0. The van der Waals surface area contributed by atoms with Gasteiger partial charge >= 0.3 is 0 Å². The van der Waals surface area contributed by atoms with Crippen LogP contribution in [0.4, 0.5) is 0 Å². The Morgan fingerprint density at radius 3 is 2.31 bits per heavy atom. The van der Waals surface area contributed by atoms with Crippen molar-refractivity contribution in [1.82, 2.24) is 0 Å². The van der Waals surface area contributed by atoms with Crippen molar-refractivity contribution < 1.29 is 4.74 Å². The Bertz CT molecular complexity index is 333. The summed E-state index contributed by atoms with van der Waals surface area (Å²) < 4.78 is 5.65. The molecule has 0 fully saturated rings. The molecule has 0 spiro atoms. The van der Waals surface area contributed by atoms with E-state index in [1.165, 1.54) is 11.1 Å². The lowest BCUT2D eigenvalue weighted by molar-refractivity contribution is 0.271. The smallest absolute Gasteiger partial charge is 0.119 e. The van der Waals surface area contributed by atoms with Crippen molar-refractivity contribution in [2.75, 3.05) is 6.61 Å². The second-order valence-corrected chi connectivity index (χ2v) is 4.40. The van der Waals surface area contributed by atoms with Gasteiger partial charge in [-0.25, -0.2) is 0 Å². The van der Waals surface area contributed by atoms with Gasteiger partial charge in [0.1, 0.15) is 5.75 Å². The SMILES string of the molecule is CC=C(CC)c1ccc(OCC(C)C)cc1. The maximum absolute atomic E-state index is 5.65. The monoisotopic (exact) mass is 218 g/mol. The molecule has 0 bridgehead atoms. The first kappa shape index (κ1) is 12.8. The van der Waals surface area contributed by atoms with Crippen LogP contribution in [-0.2, 0) is 0 Å². The normalized spacial score (nSPS) is 11.9. The number of rotatable bonds is 5. The van der Waals surface area contributed by atoms with Gasteiger partial charge in [0.05, 0.1) is 6.61 Å². The Labute approximate surface area is 99.1 Å². The average Bonchev–Trinajstić information content (AvgIpc) is 2.29. The summed E-state index contributed by atoms with van der Waals surface area (Å²) in [5.41, 5.74) is 2.68. The molecule has 0 aliphatic heterocycles. The molecule has 1 heteroatoms. The number of hydrogen-bond donors (Lipinski definition) is 0.